The fraction of sp³-hybridized carbons (Fsp3) is 0.933. The molecular formula is C15H32N4. The highest BCUT2D eigenvalue weighted by Gasteiger charge is 2.10. The molecule has 4 nitrogen and oxygen atoms in total. The van der Waals surface area contributed by atoms with E-state index in [0.717, 1.165) is 13.0 Å². The number of guanidine groups is 1. The van der Waals surface area contributed by atoms with Crippen LogP contribution in [-0.2, 0) is 0 Å². The third-order valence-electron chi connectivity index (χ3n) is 3.37. The van der Waals surface area contributed by atoms with Crippen LogP contribution in [0.15, 0.2) is 4.99 Å². The Labute approximate surface area is 118 Å². The van der Waals surface area contributed by atoms with Gasteiger partial charge in [0.1, 0.15) is 0 Å². The number of hydrogen-bond donors (Lipinski definition) is 2. The zero-order valence-electron chi connectivity index (χ0n) is 13.0. The van der Waals surface area contributed by atoms with E-state index >= 15 is 0 Å². The van der Waals surface area contributed by atoms with Crippen molar-refractivity contribution >= 4 is 5.96 Å². The minimum atomic E-state index is 0.00183. The van der Waals surface area contributed by atoms with Gasteiger partial charge in [0.15, 0.2) is 5.96 Å². The first kappa shape index (κ1) is 16.3. The van der Waals surface area contributed by atoms with Crippen LogP contribution in [-0.4, -0.2) is 42.6 Å². The fourth-order valence-corrected chi connectivity index (χ4v) is 2.43. The number of rotatable bonds is 6. The van der Waals surface area contributed by atoms with Crippen LogP contribution in [0.25, 0.3) is 0 Å². The van der Waals surface area contributed by atoms with E-state index < -0.39 is 0 Å². The topological polar surface area (TPSA) is 53.6 Å². The number of nitrogens with zero attached hydrogens (tertiary/aromatic N) is 2. The van der Waals surface area contributed by atoms with E-state index in [0.29, 0.717) is 5.96 Å². The van der Waals surface area contributed by atoms with Gasteiger partial charge in [-0.1, -0.05) is 12.8 Å². The molecule has 1 fully saturated rings. The lowest BCUT2D eigenvalue weighted by atomic mass is 10.1. The molecule has 1 saturated heterocycles. The summed E-state index contributed by atoms with van der Waals surface area (Å²) < 4.78 is 0. The van der Waals surface area contributed by atoms with Crippen LogP contribution in [0.1, 0.15) is 59.3 Å². The van der Waals surface area contributed by atoms with E-state index in [1.165, 1.54) is 51.7 Å². The van der Waals surface area contributed by atoms with Gasteiger partial charge >= 0.3 is 0 Å². The van der Waals surface area contributed by atoms with Crippen LogP contribution in [0.5, 0.6) is 0 Å². The Morgan fingerprint density at radius 3 is 2.42 bits per heavy atom. The normalized spacial score (nSPS) is 18.6. The van der Waals surface area contributed by atoms with E-state index in [9.17, 15) is 0 Å². The van der Waals surface area contributed by atoms with Crippen LogP contribution < -0.4 is 11.1 Å². The van der Waals surface area contributed by atoms with Gasteiger partial charge in [-0.3, -0.25) is 4.99 Å². The largest absolute Gasteiger partial charge is 0.370 e. The van der Waals surface area contributed by atoms with Crippen molar-refractivity contribution in [1.29, 1.82) is 0 Å². The predicted molar refractivity (Wildman–Crippen MR) is 83.5 cm³/mol. The summed E-state index contributed by atoms with van der Waals surface area (Å²) in [5.74, 6) is 0.573. The first-order valence-corrected chi connectivity index (χ1v) is 7.78. The van der Waals surface area contributed by atoms with Gasteiger partial charge in [-0.15, -0.1) is 0 Å². The second-order valence-corrected chi connectivity index (χ2v) is 6.60. The maximum Gasteiger partial charge on any atom is 0.188 e. The summed E-state index contributed by atoms with van der Waals surface area (Å²) in [5, 5.41) is 3.18. The zero-order valence-corrected chi connectivity index (χ0v) is 13.0. The Hall–Kier alpha value is -0.770. The summed E-state index contributed by atoms with van der Waals surface area (Å²) in [7, 11) is 0. The molecule has 0 amide bonds. The molecule has 1 rings (SSSR count). The number of unbranched alkanes of at least 4 members (excludes halogenated alkanes) is 2. The molecule has 4 heteroatoms. The molecule has 19 heavy (non-hydrogen) atoms. The SMILES string of the molecule is CC(C)(C)NC(N)=NCCCCCN1CCCCC1. The first-order valence-electron chi connectivity index (χ1n) is 7.78. The second-order valence-electron chi connectivity index (χ2n) is 6.60. The van der Waals surface area contributed by atoms with Crippen molar-refractivity contribution in [3.05, 3.63) is 0 Å². The molecule has 0 bridgehead atoms. The molecule has 1 aliphatic rings. The predicted octanol–water partition coefficient (Wildman–Crippen LogP) is 2.35. The number of nitrogens with one attached hydrogen (secondary N) is 1. The molecule has 0 atom stereocenters. The molecule has 0 unspecified atom stereocenters. The monoisotopic (exact) mass is 268 g/mol. The van der Waals surface area contributed by atoms with Crippen LogP contribution in [0.4, 0.5) is 0 Å². The Morgan fingerprint density at radius 1 is 1.11 bits per heavy atom. The molecule has 0 aromatic heterocycles. The molecule has 3 N–H and O–H groups in total. The molecule has 1 aliphatic heterocycles. The summed E-state index contributed by atoms with van der Waals surface area (Å²) in [5.41, 5.74) is 5.82. The zero-order chi connectivity index (χ0) is 14.1. The highest BCUT2D eigenvalue weighted by molar-refractivity contribution is 5.78. The minimum Gasteiger partial charge on any atom is -0.370 e. The average Bonchev–Trinajstić information content (AvgIpc) is 2.32. The van der Waals surface area contributed by atoms with Gasteiger partial charge in [-0.05, 0) is 66.1 Å². The van der Waals surface area contributed by atoms with E-state index in [-0.39, 0.29) is 5.54 Å². The third-order valence-corrected chi connectivity index (χ3v) is 3.37. The minimum absolute atomic E-state index is 0.00183. The number of piperidine rings is 1. The molecule has 0 spiro atoms. The van der Waals surface area contributed by atoms with Crippen molar-refractivity contribution in [2.75, 3.05) is 26.2 Å². The molecule has 0 aromatic carbocycles. The highest BCUT2D eigenvalue weighted by atomic mass is 15.1. The third kappa shape index (κ3) is 8.87. The maximum atomic E-state index is 5.82. The van der Waals surface area contributed by atoms with E-state index in [4.69, 9.17) is 5.73 Å². The summed E-state index contributed by atoms with van der Waals surface area (Å²) in [4.78, 5) is 6.96. The lowest BCUT2D eigenvalue weighted by Gasteiger charge is -2.26. The Balaban J connectivity index is 1.99. The number of aliphatic imine (C=N–C) groups is 1. The second kappa shape index (κ2) is 8.41. The quantitative estimate of drug-likeness (QED) is 0.442. The summed E-state index contributed by atoms with van der Waals surface area (Å²) in [6.07, 6.45) is 7.88. The van der Waals surface area contributed by atoms with Crippen LogP contribution in [0.3, 0.4) is 0 Å². The van der Waals surface area contributed by atoms with Gasteiger partial charge in [0.05, 0.1) is 0 Å². The molecule has 0 saturated carbocycles. The van der Waals surface area contributed by atoms with Crippen molar-refractivity contribution in [3.8, 4) is 0 Å². The lowest BCUT2D eigenvalue weighted by molar-refractivity contribution is 0.224. The molecule has 112 valence electrons. The highest BCUT2D eigenvalue weighted by Crippen LogP contribution is 2.09. The lowest BCUT2D eigenvalue weighted by Crippen LogP contribution is -2.45. The standard InChI is InChI=1S/C15H32N4/c1-15(2,3)18-14(16)17-10-6-4-7-11-19-12-8-5-9-13-19/h4-13H2,1-3H3,(H3,16,17,18). The molecule has 0 radical (unpaired) electrons. The maximum absolute atomic E-state index is 5.82. The Bertz CT molecular complexity index is 262. The van der Waals surface area contributed by atoms with E-state index in [1.807, 2.05) is 0 Å². The van der Waals surface area contributed by atoms with Crippen molar-refractivity contribution in [3.63, 3.8) is 0 Å². The van der Waals surface area contributed by atoms with Crippen LogP contribution in [0, 0.1) is 0 Å². The summed E-state index contributed by atoms with van der Waals surface area (Å²) in [6.45, 7) is 11.0. The molecule has 0 aliphatic carbocycles. The van der Waals surface area contributed by atoms with Gasteiger partial charge in [-0.2, -0.15) is 0 Å². The van der Waals surface area contributed by atoms with Crippen molar-refractivity contribution in [2.45, 2.75) is 64.8 Å². The Morgan fingerprint density at radius 2 is 1.79 bits per heavy atom. The Kier molecular flexibility index (Phi) is 7.21. The van der Waals surface area contributed by atoms with Gasteiger partial charge in [0, 0.05) is 12.1 Å². The van der Waals surface area contributed by atoms with Gasteiger partial charge in [0.25, 0.3) is 0 Å². The molecule has 0 aromatic rings. The van der Waals surface area contributed by atoms with Crippen LogP contribution in [0.2, 0.25) is 0 Å². The fourth-order valence-electron chi connectivity index (χ4n) is 2.43. The number of likely N-dealkylation sites (tertiary alicyclic amines) is 1. The number of nitrogens with two attached hydrogens (primary N) is 1. The van der Waals surface area contributed by atoms with Crippen molar-refractivity contribution in [1.82, 2.24) is 10.2 Å². The van der Waals surface area contributed by atoms with E-state index in [2.05, 4.69) is 36.0 Å². The number of hydrogen-bond acceptors (Lipinski definition) is 2. The van der Waals surface area contributed by atoms with Crippen molar-refractivity contribution in [2.24, 2.45) is 10.7 Å². The average molecular weight is 268 g/mol. The summed E-state index contributed by atoms with van der Waals surface area (Å²) in [6, 6.07) is 0. The smallest absolute Gasteiger partial charge is 0.188 e. The van der Waals surface area contributed by atoms with Crippen LogP contribution >= 0.6 is 0 Å². The molecular weight excluding hydrogens is 236 g/mol. The van der Waals surface area contributed by atoms with E-state index in [1.54, 1.807) is 0 Å². The van der Waals surface area contributed by atoms with Gasteiger partial charge in [0.2, 0.25) is 0 Å². The van der Waals surface area contributed by atoms with Gasteiger partial charge in [-0.25, -0.2) is 0 Å². The van der Waals surface area contributed by atoms with Crippen molar-refractivity contribution < 1.29 is 0 Å². The first-order chi connectivity index (χ1) is 8.97. The molecule has 1 heterocycles. The van der Waals surface area contributed by atoms with Gasteiger partial charge < -0.3 is 16.0 Å². The summed E-state index contributed by atoms with van der Waals surface area (Å²) >= 11 is 0.